The smallest absolute Gasteiger partial charge is 0.322 e. The van der Waals surface area contributed by atoms with Crippen LogP contribution < -0.4 is 15.8 Å². The van der Waals surface area contributed by atoms with Crippen LogP contribution in [0.2, 0.25) is 0 Å². The average molecular weight is 493 g/mol. The molecule has 0 fully saturated rings. The predicted octanol–water partition coefficient (Wildman–Crippen LogP) is 3.74. The summed E-state index contributed by atoms with van der Waals surface area (Å²) < 4.78 is 7.06. The van der Waals surface area contributed by atoms with Crippen LogP contribution in [0.1, 0.15) is 11.3 Å². The topological polar surface area (TPSA) is 93.4 Å². The molecule has 7 nitrogen and oxygen atoms in total. The van der Waals surface area contributed by atoms with E-state index < -0.39 is 0 Å². The maximum Gasteiger partial charge on any atom is 0.322 e. The van der Waals surface area contributed by atoms with E-state index in [0.29, 0.717) is 24.5 Å². The summed E-state index contributed by atoms with van der Waals surface area (Å²) in [5.41, 5.74) is 9.87. The lowest BCUT2D eigenvalue weighted by atomic mass is 10.1. The third kappa shape index (κ3) is 3.32. The maximum absolute atomic E-state index is 12.5. The standard InChI is InChI=1S/C18H15Br2N5O2/c1-27-15-5-10(12(19)6-13(15)20)16-11-7-25(8-14(11)23-17(21)24-16)18(26)22-9-3-2-4-9/h2-6H,7-8H2,1H3,(H,22,26)(H2,21,23,24). The van der Waals surface area contributed by atoms with Gasteiger partial charge in [0.1, 0.15) is 5.75 Å². The molecule has 9 heteroatoms. The molecular formula is C18H15Br2N5O2. The Bertz CT molecular complexity index is 1020. The molecule has 0 saturated heterocycles. The summed E-state index contributed by atoms with van der Waals surface area (Å²) >= 11 is 7.05. The number of carbonyl (C=O) groups excluding carboxylic acids is 1. The Balaban J connectivity index is 1.71. The molecule has 2 amide bonds. The van der Waals surface area contributed by atoms with Crippen molar-refractivity contribution in [3.8, 4) is 17.0 Å². The molecular weight excluding hydrogens is 478 g/mol. The summed E-state index contributed by atoms with van der Waals surface area (Å²) in [6.45, 7) is 0.780. The molecule has 0 unspecified atom stereocenters. The fourth-order valence-corrected chi connectivity index (χ4v) is 4.33. The Morgan fingerprint density at radius 1 is 1.26 bits per heavy atom. The van der Waals surface area contributed by atoms with Gasteiger partial charge in [-0.05, 0) is 40.2 Å². The van der Waals surface area contributed by atoms with E-state index in [1.807, 2.05) is 30.4 Å². The minimum Gasteiger partial charge on any atom is -0.496 e. The third-order valence-corrected chi connectivity index (χ3v) is 5.66. The SMILES string of the molecule is COc1cc(-c2nc(N)nc3c2CN(C(=O)NC2=CC=C2)C3)c(Br)cc1Br. The van der Waals surface area contributed by atoms with E-state index in [1.165, 1.54) is 0 Å². The minimum atomic E-state index is -0.180. The lowest BCUT2D eigenvalue weighted by Gasteiger charge is -2.18. The van der Waals surface area contributed by atoms with E-state index in [0.717, 1.165) is 31.5 Å². The molecule has 1 aromatic carbocycles. The molecule has 27 heavy (non-hydrogen) atoms. The molecule has 2 aromatic rings. The number of nitrogens with one attached hydrogen (secondary N) is 1. The van der Waals surface area contributed by atoms with Crippen molar-refractivity contribution in [3.63, 3.8) is 0 Å². The first-order chi connectivity index (χ1) is 13.0. The molecule has 138 valence electrons. The normalized spacial score (nSPS) is 14.5. The highest BCUT2D eigenvalue weighted by molar-refractivity contribution is 9.11. The number of halogens is 2. The zero-order chi connectivity index (χ0) is 19.1. The van der Waals surface area contributed by atoms with Gasteiger partial charge in [0.2, 0.25) is 5.95 Å². The van der Waals surface area contributed by atoms with Crippen molar-refractivity contribution in [1.29, 1.82) is 0 Å². The summed E-state index contributed by atoms with van der Waals surface area (Å²) in [5.74, 6) is 0.847. The number of methoxy groups -OCH3 is 1. The molecule has 2 aliphatic rings. The molecule has 0 saturated carbocycles. The number of anilines is 1. The van der Waals surface area contributed by atoms with Crippen LogP contribution >= 0.6 is 31.9 Å². The van der Waals surface area contributed by atoms with Gasteiger partial charge in [-0.2, -0.15) is 0 Å². The van der Waals surface area contributed by atoms with E-state index in [9.17, 15) is 4.79 Å². The van der Waals surface area contributed by atoms with Gasteiger partial charge in [-0.25, -0.2) is 14.8 Å². The molecule has 0 bridgehead atoms. The van der Waals surface area contributed by atoms with Crippen molar-refractivity contribution in [1.82, 2.24) is 20.2 Å². The second kappa shape index (κ2) is 6.97. The number of fused-ring (bicyclic) bond motifs is 1. The fraction of sp³-hybridized carbons (Fsp3) is 0.167. The summed E-state index contributed by atoms with van der Waals surface area (Å²) in [4.78, 5) is 23.0. The maximum atomic E-state index is 12.5. The highest BCUT2D eigenvalue weighted by Gasteiger charge is 2.30. The van der Waals surface area contributed by atoms with Gasteiger partial charge in [-0.15, -0.1) is 0 Å². The van der Waals surface area contributed by atoms with Crippen LogP contribution in [0.4, 0.5) is 10.7 Å². The number of hydrogen-bond donors (Lipinski definition) is 2. The van der Waals surface area contributed by atoms with E-state index in [2.05, 4.69) is 47.1 Å². The monoisotopic (exact) mass is 491 g/mol. The van der Waals surface area contributed by atoms with E-state index in [-0.39, 0.29) is 12.0 Å². The Morgan fingerprint density at radius 2 is 2.04 bits per heavy atom. The summed E-state index contributed by atoms with van der Waals surface area (Å²) in [6.07, 6.45) is 5.56. The number of nitrogen functional groups attached to an aromatic ring is 1. The molecule has 1 aliphatic heterocycles. The van der Waals surface area contributed by atoms with E-state index >= 15 is 0 Å². The van der Waals surface area contributed by atoms with Gasteiger partial charge >= 0.3 is 6.03 Å². The number of allylic oxidation sites excluding steroid dienone is 3. The van der Waals surface area contributed by atoms with Crippen LogP contribution in [0.3, 0.4) is 0 Å². The predicted molar refractivity (Wildman–Crippen MR) is 109 cm³/mol. The summed E-state index contributed by atoms with van der Waals surface area (Å²) in [5, 5.41) is 2.85. The van der Waals surface area contributed by atoms with Crippen molar-refractivity contribution in [2.75, 3.05) is 12.8 Å². The zero-order valence-corrected chi connectivity index (χ0v) is 17.5. The lowest BCUT2D eigenvalue weighted by molar-refractivity contribution is 0.201. The molecule has 3 N–H and O–H groups in total. The van der Waals surface area contributed by atoms with E-state index in [4.69, 9.17) is 10.5 Å². The van der Waals surface area contributed by atoms with Crippen LogP contribution in [0.15, 0.2) is 45.0 Å². The molecule has 1 aromatic heterocycles. The van der Waals surface area contributed by atoms with Crippen LogP contribution in [0.5, 0.6) is 5.75 Å². The first-order valence-electron chi connectivity index (χ1n) is 8.09. The van der Waals surface area contributed by atoms with Crippen molar-refractivity contribution in [3.05, 3.63) is 56.3 Å². The molecule has 0 atom stereocenters. The van der Waals surface area contributed by atoms with Crippen molar-refractivity contribution in [2.45, 2.75) is 13.1 Å². The Kier molecular flexibility index (Phi) is 4.65. The van der Waals surface area contributed by atoms with Crippen LogP contribution in [0, 0.1) is 0 Å². The number of nitrogens with zero attached hydrogens (tertiary/aromatic N) is 3. The minimum absolute atomic E-state index is 0.171. The van der Waals surface area contributed by atoms with Gasteiger partial charge in [0.15, 0.2) is 0 Å². The number of carbonyl (C=O) groups is 1. The number of rotatable bonds is 3. The molecule has 4 rings (SSSR count). The van der Waals surface area contributed by atoms with Gasteiger partial charge in [-0.3, -0.25) is 0 Å². The Morgan fingerprint density at radius 3 is 2.70 bits per heavy atom. The van der Waals surface area contributed by atoms with Crippen LogP contribution in [-0.4, -0.2) is 28.0 Å². The lowest BCUT2D eigenvalue weighted by Crippen LogP contribution is -2.36. The van der Waals surface area contributed by atoms with Gasteiger partial charge in [-0.1, -0.05) is 22.0 Å². The van der Waals surface area contributed by atoms with Gasteiger partial charge < -0.3 is 20.7 Å². The number of aromatic nitrogens is 2. The number of urea groups is 1. The van der Waals surface area contributed by atoms with Gasteiger partial charge in [0.25, 0.3) is 0 Å². The number of hydrogen-bond acceptors (Lipinski definition) is 5. The Labute approximate surface area is 172 Å². The first kappa shape index (κ1) is 18.0. The molecule has 0 radical (unpaired) electrons. The number of benzene rings is 1. The second-order valence-electron chi connectivity index (χ2n) is 6.09. The quantitative estimate of drug-likeness (QED) is 0.680. The highest BCUT2D eigenvalue weighted by Crippen LogP contribution is 2.40. The van der Waals surface area contributed by atoms with E-state index in [1.54, 1.807) is 12.0 Å². The molecule has 1 aliphatic carbocycles. The van der Waals surface area contributed by atoms with Gasteiger partial charge in [0, 0.05) is 21.3 Å². The zero-order valence-electron chi connectivity index (χ0n) is 14.3. The molecule has 2 heterocycles. The Hall–Kier alpha value is -2.39. The number of ether oxygens (including phenoxy) is 1. The largest absolute Gasteiger partial charge is 0.496 e. The second-order valence-corrected chi connectivity index (χ2v) is 7.80. The number of amides is 2. The fourth-order valence-electron chi connectivity index (χ4n) is 2.99. The van der Waals surface area contributed by atoms with Crippen LogP contribution in [-0.2, 0) is 13.1 Å². The van der Waals surface area contributed by atoms with Crippen LogP contribution in [0.25, 0.3) is 11.3 Å². The van der Waals surface area contributed by atoms with Gasteiger partial charge in [0.05, 0.1) is 36.1 Å². The van der Waals surface area contributed by atoms with Crippen molar-refractivity contribution in [2.24, 2.45) is 0 Å². The third-order valence-electron chi connectivity index (χ3n) is 4.39. The average Bonchev–Trinajstić information content (AvgIpc) is 3.01. The van der Waals surface area contributed by atoms with Crippen molar-refractivity contribution < 1.29 is 9.53 Å². The highest BCUT2D eigenvalue weighted by atomic mass is 79.9. The molecule has 0 spiro atoms. The summed E-state index contributed by atoms with van der Waals surface area (Å²) in [6, 6.07) is 3.59. The first-order valence-corrected chi connectivity index (χ1v) is 9.68. The van der Waals surface area contributed by atoms with Crippen molar-refractivity contribution >= 4 is 43.8 Å². The number of nitrogens with two attached hydrogens (primary N) is 1. The summed E-state index contributed by atoms with van der Waals surface area (Å²) in [7, 11) is 1.60.